The van der Waals surface area contributed by atoms with Gasteiger partial charge in [-0.1, -0.05) is 30.8 Å². The molecule has 0 spiro atoms. The molecule has 176 valence electrons. The van der Waals surface area contributed by atoms with Gasteiger partial charge in [-0.2, -0.15) is 4.39 Å². The summed E-state index contributed by atoms with van der Waals surface area (Å²) >= 11 is 0. The van der Waals surface area contributed by atoms with E-state index in [1.54, 1.807) is 12.4 Å². The number of pyridine rings is 1. The van der Waals surface area contributed by atoms with Gasteiger partial charge in [-0.25, -0.2) is 29.2 Å². The van der Waals surface area contributed by atoms with Crippen molar-refractivity contribution < 1.29 is 13.2 Å². The van der Waals surface area contributed by atoms with Crippen LogP contribution in [0.3, 0.4) is 0 Å². The number of anilines is 2. The quantitative estimate of drug-likeness (QED) is 0.416. The Morgan fingerprint density at radius 1 is 1.12 bits per heavy atom. The molecule has 3 N–H and O–H groups in total. The van der Waals surface area contributed by atoms with Gasteiger partial charge in [0.15, 0.2) is 0 Å². The van der Waals surface area contributed by atoms with E-state index >= 15 is 0 Å². The Labute approximate surface area is 195 Å². The van der Waals surface area contributed by atoms with E-state index in [0.29, 0.717) is 31.5 Å². The molecule has 0 saturated heterocycles. The summed E-state index contributed by atoms with van der Waals surface area (Å²) in [6, 6.07) is 8.82. The molecule has 3 heterocycles. The molecule has 0 unspecified atom stereocenters. The lowest BCUT2D eigenvalue weighted by atomic mass is 10.0. The first-order valence-electron chi connectivity index (χ1n) is 10.5. The van der Waals surface area contributed by atoms with Crippen LogP contribution in [0, 0.1) is 5.95 Å². The summed E-state index contributed by atoms with van der Waals surface area (Å²) in [7, 11) is 1.91. The Bertz CT molecular complexity index is 1200. The average Bonchev–Trinajstić information content (AvgIpc) is 3.20. The molecule has 0 bridgehead atoms. The van der Waals surface area contributed by atoms with Crippen LogP contribution in [0.5, 0.6) is 0 Å². The zero-order valence-electron chi connectivity index (χ0n) is 18.7. The van der Waals surface area contributed by atoms with Crippen molar-refractivity contribution >= 4 is 11.6 Å². The van der Waals surface area contributed by atoms with Crippen molar-refractivity contribution in [2.75, 3.05) is 24.2 Å². The van der Waals surface area contributed by atoms with E-state index in [-0.39, 0.29) is 5.69 Å². The van der Waals surface area contributed by atoms with Crippen molar-refractivity contribution in [1.82, 2.24) is 25.4 Å². The van der Waals surface area contributed by atoms with Gasteiger partial charge in [-0.05, 0) is 17.2 Å². The lowest BCUT2D eigenvalue weighted by Gasteiger charge is -2.14. The van der Waals surface area contributed by atoms with Crippen molar-refractivity contribution in [2.45, 2.75) is 19.3 Å². The molecule has 1 aliphatic heterocycles. The van der Waals surface area contributed by atoms with Crippen molar-refractivity contribution in [3.8, 4) is 11.1 Å². The molecule has 1 aliphatic rings. The van der Waals surface area contributed by atoms with Gasteiger partial charge in [-0.3, -0.25) is 0 Å². The average molecular weight is 467 g/mol. The maximum Gasteiger partial charge on any atom is 0.274 e. The van der Waals surface area contributed by atoms with E-state index in [1.807, 2.05) is 42.5 Å². The predicted octanol–water partition coefficient (Wildman–Crippen LogP) is 4.66. The fourth-order valence-electron chi connectivity index (χ4n) is 3.43. The van der Waals surface area contributed by atoms with Crippen molar-refractivity contribution in [3.05, 3.63) is 90.2 Å². The second kappa shape index (κ2) is 9.52. The molecule has 0 radical (unpaired) electrons. The van der Waals surface area contributed by atoms with Gasteiger partial charge in [0, 0.05) is 50.2 Å². The summed E-state index contributed by atoms with van der Waals surface area (Å²) in [6.45, 7) is 5.26. The molecule has 34 heavy (non-hydrogen) atoms. The van der Waals surface area contributed by atoms with Gasteiger partial charge in [0.1, 0.15) is 0 Å². The molecule has 7 nitrogen and oxygen atoms in total. The maximum absolute atomic E-state index is 13.6. The van der Waals surface area contributed by atoms with E-state index in [2.05, 4.69) is 37.6 Å². The number of aromatic nitrogens is 3. The van der Waals surface area contributed by atoms with E-state index in [0.717, 1.165) is 34.7 Å². The summed E-state index contributed by atoms with van der Waals surface area (Å²) in [5.41, 5.74) is 6.94. The number of rotatable bonds is 8. The van der Waals surface area contributed by atoms with Crippen LogP contribution in [0.15, 0.2) is 73.1 Å². The van der Waals surface area contributed by atoms with E-state index < -0.39 is 17.4 Å². The van der Waals surface area contributed by atoms with Crippen LogP contribution in [0.4, 0.5) is 24.8 Å². The summed E-state index contributed by atoms with van der Waals surface area (Å²) in [6.07, 6.45) is 7.05. The second-order valence-corrected chi connectivity index (χ2v) is 8.07. The van der Waals surface area contributed by atoms with Gasteiger partial charge >= 0.3 is 0 Å². The summed E-state index contributed by atoms with van der Waals surface area (Å²) in [5.74, 6) is -4.00. The van der Waals surface area contributed by atoms with Gasteiger partial charge in [0.05, 0.1) is 29.7 Å². The van der Waals surface area contributed by atoms with Crippen LogP contribution in [-0.4, -0.2) is 33.6 Å². The van der Waals surface area contributed by atoms with Crippen LogP contribution in [0.2, 0.25) is 0 Å². The maximum atomic E-state index is 13.6. The third-order valence-electron chi connectivity index (χ3n) is 5.13. The number of halogens is 3. The van der Waals surface area contributed by atoms with Gasteiger partial charge in [0.2, 0.25) is 11.9 Å². The number of nitrogens with zero attached hydrogens (tertiary/aromatic N) is 4. The number of hydrogen-bond donors (Lipinski definition) is 3. The topological polar surface area (TPSA) is 78.0 Å². The lowest BCUT2D eigenvalue weighted by Crippen LogP contribution is -2.24. The summed E-state index contributed by atoms with van der Waals surface area (Å²) < 4.78 is 40.7. The predicted molar refractivity (Wildman–Crippen MR) is 125 cm³/mol. The number of hydrogen-bond acceptors (Lipinski definition) is 7. The first-order chi connectivity index (χ1) is 16.2. The smallest absolute Gasteiger partial charge is 0.274 e. The minimum atomic E-state index is -3.33. The highest BCUT2D eigenvalue weighted by molar-refractivity contribution is 5.62. The Kier molecular flexibility index (Phi) is 6.51. The zero-order valence-corrected chi connectivity index (χ0v) is 18.7. The van der Waals surface area contributed by atoms with Crippen LogP contribution < -0.4 is 16.1 Å². The highest BCUT2D eigenvalue weighted by atomic mass is 19.3. The number of allylic oxidation sites excluding steroid dienone is 1. The standard InChI is InChI=1S/C24H24F3N7/c1-15(32-19-9-21(24(2,26)27)22(25)28-12-19)8-16-4-6-17(7-5-16)18-10-29-23(30-11-18)33-20-13-31-34(3)14-20/h4-7,9-12,14,31-32H,1,8,13H2,2-3H3,(H,29,30,33). The molecule has 0 fully saturated rings. The zero-order chi connectivity index (χ0) is 24.3. The molecule has 0 amide bonds. The van der Waals surface area contributed by atoms with Gasteiger partial charge < -0.3 is 15.6 Å². The van der Waals surface area contributed by atoms with Crippen LogP contribution >= 0.6 is 0 Å². The summed E-state index contributed by atoms with van der Waals surface area (Å²) in [5, 5.41) is 7.95. The minimum Gasteiger partial charge on any atom is -0.358 e. The molecule has 4 rings (SSSR count). The van der Waals surface area contributed by atoms with E-state index in [4.69, 9.17) is 0 Å². The van der Waals surface area contributed by atoms with Gasteiger partial charge in [-0.15, -0.1) is 0 Å². The molecule has 2 aromatic heterocycles. The highest BCUT2D eigenvalue weighted by Crippen LogP contribution is 2.30. The minimum absolute atomic E-state index is 0.251. The molecule has 3 aromatic rings. The Morgan fingerprint density at radius 2 is 1.82 bits per heavy atom. The number of benzene rings is 1. The molecule has 0 atom stereocenters. The van der Waals surface area contributed by atoms with Crippen molar-refractivity contribution in [2.24, 2.45) is 0 Å². The van der Waals surface area contributed by atoms with Crippen LogP contribution in [0.25, 0.3) is 11.1 Å². The van der Waals surface area contributed by atoms with Crippen molar-refractivity contribution in [3.63, 3.8) is 0 Å². The Balaban J connectivity index is 1.36. The second-order valence-electron chi connectivity index (χ2n) is 8.07. The summed E-state index contributed by atoms with van der Waals surface area (Å²) in [4.78, 5) is 12.2. The molecular weight excluding hydrogens is 443 g/mol. The van der Waals surface area contributed by atoms with Crippen LogP contribution in [-0.2, 0) is 12.3 Å². The lowest BCUT2D eigenvalue weighted by molar-refractivity contribution is 0.0130. The molecule has 10 heteroatoms. The first-order valence-corrected chi connectivity index (χ1v) is 10.5. The number of alkyl halides is 2. The molecule has 0 aliphatic carbocycles. The number of hydrazine groups is 1. The fourth-order valence-corrected chi connectivity index (χ4v) is 3.43. The third kappa shape index (κ3) is 5.70. The van der Waals surface area contributed by atoms with Gasteiger partial charge in [0.25, 0.3) is 5.92 Å². The monoisotopic (exact) mass is 467 g/mol. The molecular formula is C24H24F3N7. The third-order valence-corrected chi connectivity index (χ3v) is 5.13. The SMILES string of the molecule is C=C(Cc1ccc(-c2cnc(NC3=CN(C)NC3)nc2)cc1)Nc1cnc(F)c(C(C)(F)F)c1. The van der Waals surface area contributed by atoms with E-state index in [1.165, 1.54) is 0 Å². The Hall–Kier alpha value is -3.92. The normalized spacial score (nSPS) is 13.6. The van der Waals surface area contributed by atoms with Crippen molar-refractivity contribution in [1.29, 1.82) is 0 Å². The molecule has 1 aromatic carbocycles. The largest absolute Gasteiger partial charge is 0.358 e. The highest BCUT2D eigenvalue weighted by Gasteiger charge is 2.29. The van der Waals surface area contributed by atoms with E-state index in [9.17, 15) is 13.2 Å². The fraction of sp³-hybridized carbons (Fsp3) is 0.208. The van der Waals surface area contributed by atoms with Crippen LogP contribution in [0.1, 0.15) is 18.1 Å². The molecule has 0 saturated carbocycles. The number of nitrogens with one attached hydrogen (secondary N) is 3. The Morgan fingerprint density at radius 3 is 2.44 bits per heavy atom. The first kappa shape index (κ1) is 23.2.